The lowest BCUT2D eigenvalue weighted by Gasteiger charge is -2.30. The first-order valence-corrected chi connectivity index (χ1v) is 24.3. The number of benzene rings is 12. The van der Waals surface area contributed by atoms with Crippen molar-refractivity contribution in [2.45, 2.75) is 0 Å². The third-order valence-electron chi connectivity index (χ3n) is 14.4. The van der Waals surface area contributed by atoms with Crippen LogP contribution in [0.3, 0.4) is 0 Å². The monoisotopic (exact) mass is 904 g/mol. The zero-order valence-corrected chi connectivity index (χ0v) is 38.7. The molecule has 0 bridgehead atoms. The molecule has 0 saturated carbocycles. The van der Waals surface area contributed by atoms with Gasteiger partial charge in [0, 0.05) is 44.0 Å². The van der Waals surface area contributed by atoms with E-state index in [1.807, 2.05) is 12.1 Å². The number of aromatic nitrogens is 1. The fourth-order valence-electron chi connectivity index (χ4n) is 11.1. The van der Waals surface area contributed by atoms with Gasteiger partial charge >= 0.3 is 0 Å². The lowest BCUT2D eigenvalue weighted by molar-refractivity contribution is 0.669. The highest BCUT2D eigenvalue weighted by molar-refractivity contribution is 6.15. The highest BCUT2D eigenvalue weighted by atomic mass is 16.3. The van der Waals surface area contributed by atoms with Crippen LogP contribution in [-0.4, -0.2) is 4.57 Å². The molecular weight excluding hydrogens is 861 g/mol. The first-order valence-electron chi connectivity index (χ1n) is 24.3. The largest absolute Gasteiger partial charge is 0.456 e. The van der Waals surface area contributed by atoms with E-state index in [0.717, 1.165) is 72.5 Å². The number of rotatable bonds is 8. The normalized spacial score (nSPS) is 11.7. The van der Waals surface area contributed by atoms with Crippen molar-refractivity contribution in [3.8, 4) is 50.2 Å². The van der Waals surface area contributed by atoms with Crippen molar-refractivity contribution in [2.24, 2.45) is 0 Å². The van der Waals surface area contributed by atoms with Crippen molar-refractivity contribution in [3.05, 3.63) is 267 Å². The van der Waals surface area contributed by atoms with Gasteiger partial charge in [-0.05, 0) is 128 Å². The summed E-state index contributed by atoms with van der Waals surface area (Å²) in [5.41, 5.74) is 17.8. The van der Waals surface area contributed by atoms with Gasteiger partial charge in [0.2, 0.25) is 0 Å². The number of fused-ring (bicyclic) bond motifs is 9. The van der Waals surface area contributed by atoms with E-state index in [-0.39, 0.29) is 0 Å². The third kappa shape index (κ3) is 6.82. The van der Waals surface area contributed by atoms with Gasteiger partial charge in [0.1, 0.15) is 11.2 Å². The van der Waals surface area contributed by atoms with Gasteiger partial charge < -0.3 is 13.9 Å². The van der Waals surface area contributed by atoms with Crippen molar-refractivity contribution in [2.75, 3.05) is 4.90 Å². The number of para-hydroxylation sites is 5. The summed E-state index contributed by atoms with van der Waals surface area (Å²) in [7, 11) is 0. The van der Waals surface area contributed by atoms with Gasteiger partial charge in [0.05, 0.1) is 22.4 Å². The van der Waals surface area contributed by atoms with E-state index in [4.69, 9.17) is 4.42 Å². The van der Waals surface area contributed by atoms with Crippen LogP contribution in [0.2, 0.25) is 0 Å². The molecule has 0 N–H and O–H groups in total. The Morgan fingerprint density at radius 2 is 0.803 bits per heavy atom. The van der Waals surface area contributed by atoms with E-state index < -0.39 is 0 Å². The molecule has 0 atom stereocenters. The number of anilines is 3. The molecule has 0 aliphatic heterocycles. The maximum atomic E-state index is 6.46. The Labute approximate surface area is 411 Å². The number of furan rings is 1. The maximum absolute atomic E-state index is 6.46. The smallest absolute Gasteiger partial charge is 0.136 e. The van der Waals surface area contributed by atoms with Crippen LogP contribution in [0.1, 0.15) is 0 Å². The van der Waals surface area contributed by atoms with Crippen LogP contribution in [0.4, 0.5) is 17.1 Å². The average molecular weight is 905 g/mol. The van der Waals surface area contributed by atoms with Gasteiger partial charge in [0.25, 0.3) is 0 Å². The molecule has 2 aromatic heterocycles. The van der Waals surface area contributed by atoms with Crippen molar-refractivity contribution in [3.63, 3.8) is 0 Å². The van der Waals surface area contributed by atoms with Crippen LogP contribution in [0.25, 0.3) is 115 Å². The molecule has 0 aliphatic carbocycles. The molecule has 2 heterocycles. The lowest BCUT2D eigenvalue weighted by Crippen LogP contribution is -2.12. The molecule has 14 rings (SSSR count). The van der Waals surface area contributed by atoms with Crippen LogP contribution >= 0.6 is 0 Å². The van der Waals surface area contributed by atoms with Crippen molar-refractivity contribution in [1.82, 2.24) is 4.57 Å². The number of hydrogen-bond donors (Lipinski definition) is 0. The second-order valence-corrected chi connectivity index (χ2v) is 18.4. The fraction of sp³-hybridized carbons (Fsp3) is 0. The standard InChI is InChI=1S/C68H44N2O/c1-2-19-53-49(16-1)43-62(56-22-4-3-21-55(53)56)59-25-8-13-30-66(59)69(63-27-10-5-20-54(63)50-38-41-61-60-26-9-14-31-67(60)71-68(61)44-50)51-39-36-46(37-40-51)45-32-34-47(35-33-45)48-17-15-18-52(42-48)70-64-28-11-6-23-57(64)58-24-7-12-29-65(58)70/h1-44H. The van der Waals surface area contributed by atoms with Gasteiger partial charge in [0.15, 0.2) is 0 Å². The van der Waals surface area contributed by atoms with Crippen LogP contribution in [0.15, 0.2) is 271 Å². The molecule has 3 heteroatoms. The summed E-state index contributed by atoms with van der Waals surface area (Å²) in [6.45, 7) is 0. The Kier molecular flexibility index (Phi) is 9.53. The van der Waals surface area contributed by atoms with Crippen molar-refractivity contribution >= 4 is 82.4 Å². The highest BCUT2D eigenvalue weighted by Gasteiger charge is 2.23. The van der Waals surface area contributed by atoms with Gasteiger partial charge in [-0.1, -0.05) is 194 Å². The second kappa shape index (κ2) is 16.7. The first-order chi connectivity index (χ1) is 35.2. The topological polar surface area (TPSA) is 21.3 Å². The Balaban J connectivity index is 0.875. The zero-order valence-electron chi connectivity index (χ0n) is 38.7. The van der Waals surface area contributed by atoms with E-state index in [2.05, 4.69) is 264 Å². The average Bonchev–Trinajstić information content (AvgIpc) is 3.99. The minimum atomic E-state index is 0.874. The van der Waals surface area contributed by atoms with E-state index >= 15 is 0 Å². The highest BCUT2D eigenvalue weighted by Crippen LogP contribution is 2.48. The molecular formula is C68H44N2O. The van der Waals surface area contributed by atoms with E-state index in [0.29, 0.717) is 0 Å². The minimum Gasteiger partial charge on any atom is -0.456 e. The summed E-state index contributed by atoms with van der Waals surface area (Å²) in [6, 6.07) is 96.8. The van der Waals surface area contributed by atoms with Crippen molar-refractivity contribution < 1.29 is 4.42 Å². The zero-order chi connectivity index (χ0) is 46.8. The molecule has 0 amide bonds. The third-order valence-corrected chi connectivity index (χ3v) is 14.4. The van der Waals surface area contributed by atoms with E-state index in [1.54, 1.807) is 0 Å². The Morgan fingerprint density at radius 3 is 1.54 bits per heavy atom. The van der Waals surface area contributed by atoms with Gasteiger partial charge in [-0.25, -0.2) is 0 Å². The van der Waals surface area contributed by atoms with Crippen LogP contribution in [0.5, 0.6) is 0 Å². The summed E-state index contributed by atoms with van der Waals surface area (Å²) >= 11 is 0. The Morgan fingerprint density at radius 1 is 0.282 bits per heavy atom. The molecule has 0 fully saturated rings. The molecule has 0 saturated heterocycles. The van der Waals surface area contributed by atoms with Gasteiger partial charge in [-0.15, -0.1) is 0 Å². The quantitative estimate of drug-likeness (QED) is 0.142. The summed E-state index contributed by atoms with van der Waals surface area (Å²) in [5.74, 6) is 0. The predicted octanol–water partition coefficient (Wildman–Crippen LogP) is 19.1. The number of nitrogens with zero attached hydrogens (tertiary/aromatic N) is 2. The molecule has 0 aliphatic rings. The summed E-state index contributed by atoms with van der Waals surface area (Å²) < 4.78 is 8.84. The van der Waals surface area contributed by atoms with Crippen LogP contribution in [-0.2, 0) is 0 Å². The van der Waals surface area contributed by atoms with E-state index in [9.17, 15) is 0 Å². The molecule has 0 radical (unpaired) electrons. The van der Waals surface area contributed by atoms with Gasteiger partial charge in [-0.2, -0.15) is 0 Å². The number of hydrogen-bond acceptors (Lipinski definition) is 2. The van der Waals surface area contributed by atoms with Gasteiger partial charge in [-0.3, -0.25) is 0 Å². The molecule has 71 heavy (non-hydrogen) atoms. The maximum Gasteiger partial charge on any atom is 0.136 e. The van der Waals surface area contributed by atoms with Crippen LogP contribution in [0, 0.1) is 0 Å². The molecule has 0 unspecified atom stereocenters. The SMILES string of the molecule is c1cc(-c2ccc(-c3ccc(N(c4ccccc4-c4ccc5c(c4)oc4ccccc45)c4ccccc4-c4cc5ccccc5c5ccccc45)cc3)cc2)cc(-n2c3ccccc3c3ccccc32)c1. The lowest BCUT2D eigenvalue weighted by atomic mass is 9.91. The van der Waals surface area contributed by atoms with E-state index in [1.165, 1.54) is 60.0 Å². The molecule has 12 aromatic carbocycles. The minimum absolute atomic E-state index is 0.874. The Hall–Kier alpha value is -9.44. The van der Waals surface area contributed by atoms with Crippen molar-refractivity contribution in [1.29, 1.82) is 0 Å². The summed E-state index contributed by atoms with van der Waals surface area (Å²) in [5, 5.41) is 9.70. The Bertz CT molecular complexity index is 4290. The second-order valence-electron chi connectivity index (χ2n) is 18.4. The molecule has 332 valence electrons. The molecule has 3 nitrogen and oxygen atoms in total. The molecule has 14 aromatic rings. The first kappa shape index (κ1) is 40.6. The summed E-state index contributed by atoms with van der Waals surface area (Å²) in [4.78, 5) is 2.44. The predicted molar refractivity (Wildman–Crippen MR) is 299 cm³/mol. The van der Waals surface area contributed by atoms with Crippen LogP contribution < -0.4 is 4.90 Å². The summed E-state index contributed by atoms with van der Waals surface area (Å²) in [6.07, 6.45) is 0. The molecule has 0 spiro atoms. The fourth-order valence-corrected chi connectivity index (χ4v) is 11.1.